The van der Waals surface area contributed by atoms with Gasteiger partial charge in [-0.1, -0.05) is 35.4 Å². The van der Waals surface area contributed by atoms with Gasteiger partial charge in [0.05, 0.1) is 10.7 Å². The molecular weight excluding hydrogens is 367 g/mol. The van der Waals surface area contributed by atoms with Crippen molar-refractivity contribution in [2.75, 3.05) is 0 Å². The number of pyridine rings is 1. The lowest BCUT2D eigenvalue weighted by Crippen LogP contribution is -2.24. The molecule has 27 heavy (non-hydrogen) atoms. The highest BCUT2D eigenvalue weighted by Crippen LogP contribution is 2.33. The number of nitrogens with two attached hydrogens (primary N) is 2. The first-order valence-electron chi connectivity index (χ1n) is 8.14. The average Bonchev–Trinajstić information content (AvgIpc) is 2.62. The number of fused-ring (bicyclic) bond motifs is 1. The molecule has 0 aliphatic heterocycles. The second-order valence-electron chi connectivity index (χ2n) is 6.02. The second-order valence-corrected chi connectivity index (χ2v) is 6.43. The van der Waals surface area contributed by atoms with Crippen LogP contribution in [0, 0.1) is 0 Å². The van der Waals surface area contributed by atoms with E-state index in [0.717, 1.165) is 5.57 Å². The molecule has 0 radical (unpaired) electrons. The van der Waals surface area contributed by atoms with E-state index < -0.39 is 11.7 Å². The second kappa shape index (κ2) is 8.60. The zero-order chi connectivity index (χ0) is 20.1. The van der Waals surface area contributed by atoms with Gasteiger partial charge in [-0.2, -0.15) is 4.99 Å². The van der Waals surface area contributed by atoms with Crippen LogP contribution in [0.25, 0.3) is 16.3 Å². The highest BCUT2D eigenvalue weighted by Gasteiger charge is 2.16. The van der Waals surface area contributed by atoms with Gasteiger partial charge < -0.3 is 11.5 Å². The maximum absolute atomic E-state index is 14.6. The van der Waals surface area contributed by atoms with Crippen molar-refractivity contribution in [2.45, 2.75) is 20.8 Å². The highest BCUT2D eigenvalue weighted by molar-refractivity contribution is 6.35. The minimum atomic E-state index is -0.607. The van der Waals surface area contributed by atoms with Gasteiger partial charge in [0.25, 0.3) is 5.91 Å². The lowest BCUT2D eigenvalue weighted by Gasteiger charge is -2.11. The maximum Gasteiger partial charge on any atom is 0.280 e. The number of aliphatic imine (C=N–C) groups is 1. The number of rotatable bonds is 4. The SMILES string of the molecule is C/C=C(F)\C(=C/C=C(C)C)c1ncc(Cl)c2ccc(C(=O)N=C(N)N)cc12. The van der Waals surface area contributed by atoms with Crippen LogP contribution < -0.4 is 11.5 Å². The molecular formula is C20H20ClFN4O. The number of allylic oxidation sites excluding steroid dienone is 6. The van der Waals surface area contributed by atoms with Crippen molar-refractivity contribution in [3.8, 4) is 0 Å². The standard InChI is InChI=1S/C20H20ClFN4O/c1-4-17(22)14(7-5-11(2)3)18-15-9-12(19(27)26-20(23)24)6-8-13(15)16(21)10-25-18/h4-10H,1-3H3,(H4,23,24,26,27)/b14-7+,17-4+. The Hall–Kier alpha value is -2.99. The molecule has 140 valence electrons. The zero-order valence-corrected chi connectivity index (χ0v) is 16.0. The van der Waals surface area contributed by atoms with Gasteiger partial charge >= 0.3 is 0 Å². The number of carbonyl (C=O) groups excluding carboxylic acids is 1. The number of carbonyl (C=O) groups is 1. The van der Waals surface area contributed by atoms with Crippen LogP contribution >= 0.6 is 11.6 Å². The Bertz CT molecular complexity index is 1010. The van der Waals surface area contributed by atoms with E-state index in [0.29, 0.717) is 21.5 Å². The van der Waals surface area contributed by atoms with Crippen LogP contribution in [0.15, 0.2) is 59.0 Å². The third-order valence-electron chi connectivity index (χ3n) is 3.67. The van der Waals surface area contributed by atoms with E-state index in [4.69, 9.17) is 23.1 Å². The molecule has 0 aliphatic carbocycles. The van der Waals surface area contributed by atoms with Gasteiger partial charge in [-0.05, 0) is 39.0 Å². The average molecular weight is 387 g/mol. The van der Waals surface area contributed by atoms with Crippen LogP contribution in [0.1, 0.15) is 36.8 Å². The van der Waals surface area contributed by atoms with E-state index in [1.807, 2.05) is 13.8 Å². The Morgan fingerprint density at radius 3 is 2.52 bits per heavy atom. The summed E-state index contributed by atoms with van der Waals surface area (Å²) in [7, 11) is 0. The Labute approximate surface area is 161 Å². The smallest absolute Gasteiger partial charge is 0.280 e. The van der Waals surface area contributed by atoms with E-state index in [-0.39, 0.29) is 17.1 Å². The Kier molecular flexibility index (Phi) is 6.47. The van der Waals surface area contributed by atoms with Gasteiger partial charge in [0, 0.05) is 28.1 Å². The monoisotopic (exact) mass is 386 g/mol. The van der Waals surface area contributed by atoms with Gasteiger partial charge in [-0.15, -0.1) is 0 Å². The van der Waals surface area contributed by atoms with E-state index in [2.05, 4.69) is 9.98 Å². The molecule has 5 nitrogen and oxygen atoms in total. The Morgan fingerprint density at radius 2 is 1.93 bits per heavy atom. The Morgan fingerprint density at radius 1 is 1.22 bits per heavy atom. The summed E-state index contributed by atoms with van der Waals surface area (Å²) in [6.45, 7) is 5.40. The maximum atomic E-state index is 14.6. The number of aromatic nitrogens is 1. The van der Waals surface area contributed by atoms with Crippen LogP contribution in [0.5, 0.6) is 0 Å². The van der Waals surface area contributed by atoms with Crippen molar-refractivity contribution in [2.24, 2.45) is 16.5 Å². The normalized spacial score (nSPS) is 12.0. The van der Waals surface area contributed by atoms with Crippen molar-refractivity contribution < 1.29 is 9.18 Å². The van der Waals surface area contributed by atoms with Crippen molar-refractivity contribution in [3.63, 3.8) is 0 Å². The summed E-state index contributed by atoms with van der Waals surface area (Å²) in [6, 6.07) is 4.76. The third-order valence-corrected chi connectivity index (χ3v) is 3.97. The fraction of sp³-hybridized carbons (Fsp3) is 0.150. The van der Waals surface area contributed by atoms with Crippen molar-refractivity contribution in [1.29, 1.82) is 0 Å². The topological polar surface area (TPSA) is 94.4 Å². The number of amides is 1. The molecule has 0 bridgehead atoms. The highest BCUT2D eigenvalue weighted by atomic mass is 35.5. The van der Waals surface area contributed by atoms with Crippen molar-refractivity contribution in [3.05, 3.63) is 70.3 Å². The van der Waals surface area contributed by atoms with Gasteiger partial charge in [-0.3, -0.25) is 9.78 Å². The summed E-state index contributed by atoms with van der Waals surface area (Å²) in [6.07, 6.45) is 6.23. The molecule has 1 heterocycles. The van der Waals surface area contributed by atoms with Crippen LogP contribution in [-0.2, 0) is 0 Å². The molecule has 0 saturated carbocycles. The lowest BCUT2D eigenvalue weighted by molar-refractivity contribution is 0.100. The summed E-state index contributed by atoms with van der Waals surface area (Å²) >= 11 is 6.24. The largest absolute Gasteiger partial charge is 0.370 e. The lowest BCUT2D eigenvalue weighted by atomic mass is 10.00. The first-order chi connectivity index (χ1) is 12.7. The van der Waals surface area contributed by atoms with Gasteiger partial charge in [0.2, 0.25) is 0 Å². The summed E-state index contributed by atoms with van der Waals surface area (Å²) in [5, 5.41) is 1.54. The van der Waals surface area contributed by atoms with E-state index in [9.17, 15) is 9.18 Å². The number of guanidine groups is 1. The first kappa shape index (κ1) is 20.3. The van der Waals surface area contributed by atoms with Crippen LogP contribution in [-0.4, -0.2) is 16.9 Å². The number of nitrogens with zero attached hydrogens (tertiary/aromatic N) is 2. The molecule has 1 amide bonds. The molecule has 1 aromatic carbocycles. The summed E-state index contributed by atoms with van der Waals surface area (Å²) in [5.74, 6) is -1.39. The van der Waals surface area contributed by atoms with Gasteiger partial charge in [-0.25, -0.2) is 4.39 Å². The predicted octanol–water partition coefficient (Wildman–Crippen LogP) is 4.52. The zero-order valence-electron chi connectivity index (χ0n) is 15.3. The fourth-order valence-electron chi connectivity index (χ4n) is 2.42. The minimum absolute atomic E-state index is 0.240. The van der Waals surface area contributed by atoms with E-state index in [1.54, 1.807) is 37.3 Å². The molecule has 0 aliphatic rings. The summed E-state index contributed by atoms with van der Waals surface area (Å²) < 4.78 is 14.6. The van der Waals surface area contributed by atoms with Crippen molar-refractivity contribution in [1.82, 2.24) is 4.98 Å². The molecule has 4 N–H and O–H groups in total. The molecule has 2 aromatic rings. The number of hydrogen-bond donors (Lipinski definition) is 2. The molecule has 1 aromatic heterocycles. The van der Waals surface area contributed by atoms with Crippen LogP contribution in [0.2, 0.25) is 5.02 Å². The fourth-order valence-corrected chi connectivity index (χ4v) is 2.63. The molecule has 7 heteroatoms. The van der Waals surface area contributed by atoms with E-state index in [1.165, 1.54) is 12.3 Å². The molecule has 0 unspecified atom stereocenters. The molecule has 0 atom stereocenters. The number of halogens is 2. The van der Waals surface area contributed by atoms with Crippen molar-refractivity contribution >= 4 is 39.8 Å². The summed E-state index contributed by atoms with van der Waals surface area (Å²) in [4.78, 5) is 20.0. The van der Waals surface area contributed by atoms with Gasteiger partial charge in [0.1, 0.15) is 5.83 Å². The van der Waals surface area contributed by atoms with Gasteiger partial charge in [0.15, 0.2) is 5.96 Å². The number of hydrogen-bond acceptors (Lipinski definition) is 2. The predicted molar refractivity (Wildman–Crippen MR) is 109 cm³/mol. The minimum Gasteiger partial charge on any atom is -0.370 e. The third kappa shape index (κ3) is 4.80. The molecule has 2 rings (SSSR count). The quantitative estimate of drug-likeness (QED) is 0.458. The molecule has 0 saturated heterocycles. The van der Waals surface area contributed by atoms with E-state index >= 15 is 0 Å². The molecule has 0 fully saturated rings. The van der Waals surface area contributed by atoms with Crippen LogP contribution in [0.4, 0.5) is 4.39 Å². The molecule has 0 spiro atoms. The number of benzene rings is 1. The first-order valence-corrected chi connectivity index (χ1v) is 8.52. The summed E-state index contributed by atoms with van der Waals surface area (Å²) in [5.41, 5.74) is 12.4. The Balaban J connectivity index is 2.80. The van der Waals surface area contributed by atoms with Crippen LogP contribution in [0.3, 0.4) is 0 Å².